The molecule has 0 spiro atoms. The largest absolute Gasteiger partial charge is 0.494 e. The third-order valence-electron chi connectivity index (χ3n) is 3.10. The van der Waals surface area contributed by atoms with Crippen molar-refractivity contribution in [3.05, 3.63) is 59.2 Å². The Hall–Kier alpha value is -2.96. The van der Waals surface area contributed by atoms with Gasteiger partial charge in [-0.25, -0.2) is 8.78 Å². The molecule has 0 aliphatic rings. The number of methoxy groups -OCH3 is 1. The second-order valence-corrected chi connectivity index (χ2v) is 4.75. The van der Waals surface area contributed by atoms with Gasteiger partial charge < -0.3 is 15.8 Å². The van der Waals surface area contributed by atoms with Crippen LogP contribution in [0.4, 0.5) is 14.5 Å². The molecule has 3 N–H and O–H groups in total. The number of nitrogens with two attached hydrogens (primary N) is 1. The van der Waals surface area contributed by atoms with Gasteiger partial charge in [0.05, 0.1) is 19.1 Å². The Morgan fingerprint density at radius 1 is 1.13 bits per heavy atom. The monoisotopic (exact) mass is 320 g/mol. The summed E-state index contributed by atoms with van der Waals surface area (Å²) in [6.07, 6.45) is -0.0931. The lowest BCUT2D eigenvalue weighted by Crippen LogP contribution is -2.17. The lowest BCUT2D eigenvalue weighted by Gasteiger charge is -2.08. The minimum Gasteiger partial charge on any atom is -0.494 e. The number of benzene rings is 2. The quantitative estimate of drug-likeness (QED) is 0.886. The fourth-order valence-corrected chi connectivity index (χ4v) is 2.00. The van der Waals surface area contributed by atoms with Crippen molar-refractivity contribution in [2.24, 2.45) is 5.73 Å². The summed E-state index contributed by atoms with van der Waals surface area (Å²) in [5, 5.41) is 2.49. The van der Waals surface area contributed by atoms with Gasteiger partial charge in [-0.1, -0.05) is 6.07 Å². The van der Waals surface area contributed by atoms with Crippen LogP contribution in [0.15, 0.2) is 36.4 Å². The molecule has 0 bridgehead atoms. The average molecular weight is 320 g/mol. The van der Waals surface area contributed by atoms with Crippen LogP contribution >= 0.6 is 0 Å². The first-order valence-electron chi connectivity index (χ1n) is 6.62. The zero-order chi connectivity index (χ0) is 17.0. The molecule has 0 aromatic heterocycles. The van der Waals surface area contributed by atoms with Crippen LogP contribution in [0.2, 0.25) is 0 Å². The molecule has 0 radical (unpaired) electrons. The van der Waals surface area contributed by atoms with E-state index in [0.29, 0.717) is 5.56 Å². The zero-order valence-corrected chi connectivity index (χ0v) is 12.2. The van der Waals surface area contributed by atoms with E-state index in [1.807, 2.05) is 0 Å². The van der Waals surface area contributed by atoms with E-state index in [1.54, 1.807) is 6.07 Å². The van der Waals surface area contributed by atoms with E-state index >= 15 is 0 Å². The highest BCUT2D eigenvalue weighted by molar-refractivity contribution is 5.97. The Kier molecular flexibility index (Phi) is 4.90. The highest BCUT2D eigenvalue weighted by atomic mass is 19.1. The van der Waals surface area contributed by atoms with Crippen molar-refractivity contribution in [2.45, 2.75) is 6.42 Å². The molecule has 0 unspecified atom stereocenters. The molecule has 23 heavy (non-hydrogen) atoms. The second kappa shape index (κ2) is 6.87. The van der Waals surface area contributed by atoms with Crippen molar-refractivity contribution in [1.82, 2.24) is 0 Å². The summed E-state index contributed by atoms with van der Waals surface area (Å²) >= 11 is 0. The molecule has 0 fully saturated rings. The third kappa shape index (κ3) is 4.03. The van der Waals surface area contributed by atoms with E-state index in [1.165, 1.54) is 25.3 Å². The number of rotatable bonds is 5. The number of amides is 2. The van der Waals surface area contributed by atoms with E-state index in [0.717, 1.165) is 12.1 Å². The van der Waals surface area contributed by atoms with Crippen molar-refractivity contribution in [1.29, 1.82) is 0 Å². The van der Waals surface area contributed by atoms with E-state index in [9.17, 15) is 18.4 Å². The Morgan fingerprint density at radius 2 is 1.87 bits per heavy atom. The van der Waals surface area contributed by atoms with E-state index < -0.39 is 23.4 Å². The predicted molar refractivity (Wildman–Crippen MR) is 80.2 cm³/mol. The molecule has 2 aromatic rings. The van der Waals surface area contributed by atoms with Crippen LogP contribution in [0, 0.1) is 11.6 Å². The van der Waals surface area contributed by atoms with Gasteiger partial charge in [-0.3, -0.25) is 9.59 Å². The first-order valence-corrected chi connectivity index (χ1v) is 6.62. The number of primary amides is 1. The standard InChI is InChI=1S/C16H14F2N2O3/c1-23-14-5-2-9(6-13(14)18)7-15(21)20-10-3-4-12(17)11(8-10)16(19)22/h2-6,8H,7H2,1H3,(H2,19,22)(H,20,21). The number of hydrogen-bond acceptors (Lipinski definition) is 3. The molecule has 0 atom stereocenters. The molecule has 0 saturated heterocycles. The molecular formula is C16H14F2N2O3. The number of carbonyl (C=O) groups is 2. The Balaban J connectivity index is 2.09. The van der Waals surface area contributed by atoms with Crippen molar-refractivity contribution < 1.29 is 23.1 Å². The molecule has 2 rings (SSSR count). The first kappa shape index (κ1) is 16.4. The van der Waals surface area contributed by atoms with Gasteiger partial charge in [0.2, 0.25) is 5.91 Å². The molecule has 0 aliphatic heterocycles. The van der Waals surface area contributed by atoms with Gasteiger partial charge in [-0.05, 0) is 35.9 Å². The van der Waals surface area contributed by atoms with Crippen LogP contribution in [0.25, 0.3) is 0 Å². The van der Waals surface area contributed by atoms with Gasteiger partial charge in [0.1, 0.15) is 5.82 Å². The van der Waals surface area contributed by atoms with Gasteiger partial charge in [0.25, 0.3) is 5.91 Å². The molecular weight excluding hydrogens is 306 g/mol. The van der Waals surface area contributed by atoms with Crippen LogP contribution in [0.5, 0.6) is 5.75 Å². The Bertz CT molecular complexity index is 763. The SMILES string of the molecule is COc1ccc(CC(=O)Nc2ccc(F)c(C(N)=O)c2)cc1F. The molecule has 5 nitrogen and oxygen atoms in total. The highest BCUT2D eigenvalue weighted by Gasteiger charge is 2.12. The zero-order valence-electron chi connectivity index (χ0n) is 12.2. The second-order valence-electron chi connectivity index (χ2n) is 4.75. The first-order chi connectivity index (χ1) is 10.9. The molecule has 2 aromatic carbocycles. The van der Waals surface area contributed by atoms with Gasteiger partial charge in [-0.2, -0.15) is 0 Å². The number of nitrogens with one attached hydrogen (secondary N) is 1. The normalized spacial score (nSPS) is 10.2. The van der Waals surface area contributed by atoms with Crippen molar-refractivity contribution in [3.63, 3.8) is 0 Å². The summed E-state index contributed by atoms with van der Waals surface area (Å²) in [6, 6.07) is 7.64. The van der Waals surface area contributed by atoms with Crippen LogP contribution in [-0.2, 0) is 11.2 Å². The Morgan fingerprint density at radius 3 is 2.48 bits per heavy atom. The number of carbonyl (C=O) groups excluding carboxylic acids is 2. The van der Waals surface area contributed by atoms with Crippen LogP contribution in [0.1, 0.15) is 15.9 Å². The summed E-state index contributed by atoms with van der Waals surface area (Å²) in [4.78, 5) is 23.0. The van der Waals surface area contributed by atoms with Crippen molar-refractivity contribution >= 4 is 17.5 Å². The van der Waals surface area contributed by atoms with Crippen molar-refractivity contribution in [2.75, 3.05) is 12.4 Å². The van der Waals surface area contributed by atoms with Gasteiger partial charge in [0.15, 0.2) is 11.6 Å². The van der Waals surface area contributed by atoms with Crippen molar-refractivity contribution in [3.8, 4) is 5.75 Å². The fraction of sp³-hybridized carbons (Fsp3) is 0.125. The summed E-state index contributed by atoms with van der Waals surface area (Å²) in [5.41, 5.74) is 5.38. The maximum Gasteiger partial charge on any atom is 0.251 e. The van der Waals surface area contributed by atoms with E-state index in [-0.39, 0.29) is 23.4 Å². The number of hydrogen-bond donors (Lipinski definition) is 2. The summed E-state index contributed by atoms with van der Waals surface area (Å²) in [6.45, 7) is 0. The molecule has 120 valence electrons. The van der Waals surface area contributed by atoms with Crippen LogP contribution in [0.3, 0.4) is 0 Å². The molecule has 7 heteroatoms. The van der Waals surface area contributed by atoms with Gasteiger partial charge >= 0.3 is 0 Å². The van der Waals surface area contributed by atoms with Gasteiger partial charge in [-0.15, -0.1) is 0 Å². The minimum absolute atomic E-state index is 0.0822. The fourth-order valence-electron chi connectivity index (χ4n) is 2.00. The molecule has 0 saturated carbocycles. The molecule has 0 heterocycles. The highest BCUT2D eigenvalue weighted by Crippen LogP contribution is 2.19. The molecule has 2 amide bonds. The summed E-state index contributed by atoms with van der Waals surface area (Å²) in [5.74, 6) is -2.64. The number of anilines is 1. The third-order valence-corrected chi connectivity index (χ3v) is 3.10. The lowest BCUT2D eigenvalue weighted by atomic mass is 10.1. The maximum absolute atomic E-state index is 13.6. The average Bonchev–Trinajstić information content (AvgIpc) is 2.49. The minimum atomic E-state index is -0.934. The summed E-state index contributed by atoms with van der Waals surface area (Å²) in [7, 11) is 1.34. The topological polar surface area (TPSA) is 81.4 Å². The van der Waals surface area contributed by atoms with Gasteiger partial charge in [0, 0.05) is 5.69 Å². The molecule has 0 aliphatic carbocycles. The number of halogens is 2. The smallest absolute Gasteiger partial charge is 0.251 e. The van der Waals surface area contributed by atoms with E-state index in [4.69, 9.17) is 10.5 Å². The lowest BCUT2D eigenvalue weighted by molar-refractivity contribution is -0.115. The number of ether oxygens (including phenoxy) is 1. The summed E-state index contributed by atoms with van der Waals surface area (Å²) < 4.78 is 31.7. The Labute approximate surface area is 131 Å². The predicted octanol–water partition coefficient (Wildman–Crippen LogP) is 2.25. The van der Waals surface area contributed by atoms with Crippen LogP contribution < -0.4 is 15.8 Å². The maximum atomic E-state index is 13.6. The van der Waals surface area contributed by atoms with E-state index in [2.05, 4.69) is 5.32 Å². The van der Waals surface area contributed by atoms with Crippen LogP contribution in [-0.4, -0.2) is 18.9 Å².